The third-order valence-electron chi connectivity index (χ3n) is 2.76. The average Bonchev–Trinajstić information content (AvgIpc) is 2.50. The van der Waals surface area contributed by atoms with Crippen LogP contribution >= 0.6 is 0 Å². The summed E-state index contributed by atoms with van der Waals surface area (Å²) >= 11 is 0. The van der Waals surface area contributed by atoms with Gasteiger partial charge in [0.1, 0.15) is 0 Å². The summed E-state index contributed by atoms with van der Waals surface area (Å²) < 4.78 is 0. The summed E-state index contributed by atoms with van der Waals surface area (Å²) in [7, 11) is 0. The van der Waals surface area contributed by atoms with Crippen molar-refractivity contribution in [3.8, 4) is 0 Å². The van der Waals surface area contributed by atoms with E-state index in [4.69, 9.17) is 9.78 Å². The number of hydrogen-bond donors (Lipinski definition) is 0. The van der Waals surface area contributed by atoms with Crippen LogP contribution in [0.4, 0.5) is 0 Å². The first-order chi connectivity index (χ1) is 5.40. The Morgan fingerprint density at radius 1 is 1.36 bits per heavy atom. The van der Waals surface area contributed by atoms with Crippen LogP contribution in [0.5, 0.6) is 0 Å². The highest BCUT2D eigenvalue weighted by Crippen LogP contribution is 2.35. The molecule has 0 aromatic rings. The van der Waals surface area contributed by atoms with Gasteiger partial charge in [0.15, 0.2) is 0 Å². The Morgan fingerprint density at radius 3 is 3.09 bits per heavy atom. The predicted molar refractivity (Wildman–Crippen MR) is 41.9 cm³/mol. The van der Waals surface area contributed by atoms with Gasteiger partial charge in [0.05, 0.1) is 12.7 Å². The number of rotatable bonds is 1. The average molecular weight is 154 g/mol. The molecular formula is C9H14O2. The van der Waals surface area contributed by atoms with E-state index in [1.807, 2.05) is 0 Å². The molecule has 0 N–H and O–H groups in total. The Bertz CT molecular complexity index is 156. The Hall–Kier alpha value is -0.340. The second-order valence-corrected chi connectivity index (χ2v) is 3.49. The highest BCUT2D eigenvalue weighted by molar-refractivity contribution is 4.89. The Kier molecular flexibility index (Phi) is 1.96. The minimum atomic E-state index is 0.381. The van der Waals surface area contributed by atoms with Crippen LogP contribution in [0.15, 0.2) is 12.7 Å². The van der Waals surface area contributed by atoms with Crippen LogP contribution in [0.1, 0.15) is 19.3 Å². The van der Waals surface area contributed by atoms with E-state index >= 15 is 0 Å². The minimum absolute atomic E-state index is 0.381. The first-order valence-corrected chi connectivity index (χ1v) is 4.31. The van der Waals surface area contributed by atoms with Crippen LogP contribution in [0.25, 0.3) is 0 Å². The van der Waals surface area contributed by atoms with Gasteiger partial charge in [-0.1, -0.05) is 6.08 Å². The van der Waals surface area contributed by atoms with Crippen molar-refractivity contribution < 1.29 is 9.78 Å². The van der Waals surface area contributed by atoms with E-state index in [9.17, 15) is 0 Å². The van der Waals surface area contributed by atoms with Crippen molar-refractivity contribution in [1.29, 1.82) is 0 Å². The van der Waals surface area contributed by atoms with Gasteiger partial charge in [-0.15, -0.1) is 6.58 Å². The van der Waals surface area contributed by atoms with Crippen molar-refractivity contribution in [3.05, 3.63) is 12.7 Å². The van der Waals surface area contributed by atoms with E-state index in [1.165, 1.54) is 12.8 Å². The highest BCUT2D eigenvalue weighted by Gasteiger charge is 2.35. The van der Waals surface area contributed by atoms with Crippen molar-refractivity contribution in [1.82, 2.24) is 0 Å². The maximum Gasteiger partial charge on any atom is 0.0981 e. The van der Waals surface area contributed by atoms with Crippen LogP contribution in [0, 0.1) is 11.8 Å². The van der Waals surface area contributed by atoms with Gasteiger partial charge >= 0.3 is 0 Å². The summed E-state index contributed by atoms with van der Waals surface area (Å²) in [5, 5.41) is 0. The second kappa shape index (κ2) is 2.95. The first-order valence-electron chi connectivity index (χ1n) is 4.31. The molecule has 0 bridgehead atoms. The van der Waals surface area contributed by atoms with Crippen molar-refractivity contribution in [2.45, 2.75) is 25.4 Å². The molecule has 62 valence electrons. The fourth-order valence-corrected chi connectivity index (χ4v) is 2.00. The summed E-state index contributed by atoms with van der Waals surface area (Å²) in [6.45, 7) is 4.60. The van der Waals surface area contributed by atoms with Gasteiger partial charge < -0.3 is 0 Å². The smallest absolute Gasteiger partial charge is 0.0981 e. The van der Waals surface area contributed by atoms with Crippen molar-refractivity contribution in [2.75, 3.05) is 6.61 Å². The Labute approximate surface area is 67.1 Å². The lowest BCUT2D eigenvalue weighted by atomic mass is 9.80. The molecule has 1 saturated carbocycles. The van der Waals surface area contributed by atoms with Gasteiger partial charge in [0.25, 0.3) is 0 Å². The Balaban J connectivity index is 1.96. The highest BCUT2D eigenvalue weighted by atomic mass is 17.2. The van der Waals surface area contributed by atoms with Gasteiger partial charge in [-0.3, -0.25) is 0 Å². The van der Waals surface area contributed by atoms with E-state index in [0.29, 0.717) is 17.9 Å². The zero-order valence-electron chi connectivity index (χ0n) is 6.66. The monoisotopic (exact) mass is 154 g/mol. The molecule has 2 fully saturated rings. The molecule has 1 heterocycles. The summed E-state index contributed by atoms with van der Waals surface area (Å²) in [6.07, 6.45) is 6.00. The quantitative estimate of drug-likeness (QED) is 0.424. The van der Waals surface area contributed by atoms with E-state index < -0.39 is 0 Å². The topological polar surface area (TPSA) is 18.5 Å². The summed E-state index contributed by atoms with van der Waals surface area (Å²) in [5.41, 5.74) is 0. The fraction of sp³-hybridized carbons (Fsp3) is 0.778. The largest absolute Gasteiger partial charge is 0.236 e. The third-order valence-corrected chi connectivity index (χ3v) is 2.76. The minimum Gasteiger partial charge on any atom is -0.236 e. The standard InChI is InChI=1S/C9H14O2/c1-2-7-3-4-9-8(5-7)6-10-11-9/h2,7-9H,1,3-6H2. The van der Waals surface area contributed by atoms with Gasteiger partial charge in [-0.25, -0.2) is 9.78 Å². The van der Waals surface area contributed by atoms with Crippen LogP contribution in [-0.2, 0) is 9.78 Å². The van der Waals surface area contributed by atoms with E-state index in [0.717, 1.165) is 13.0 Å². The molecule has 0 spiro atoms. The Morgan fingerprint density at radius 2 is 2.27 bits per heavy atom. The lowest BCUT2D eigenvalue weighted by molar-refractivity contribution is -0.276. The van der Waals surface area contributed by atoms with Crippen molar-refractivity contribution in [2.24, 2.45) is 11.8 Å². The normalized spacial score (nSPS) is 43.5. The van der Waals surface area contributed by atoms with E-state index in [1.54, 1.807) is 0 Å². The van der Waals surface area contributed by atoms with Gasteiger partial charge in [-0.05, 0) is 25.2 Å². The second-order valence-electron chi connectivity index (χ2n) is 3.49. The van der Waals surface area contributed by atoms with Crippen molar-refractivity contribution >= 4 is 0 Å². The SMILES string of the molecule is C=CC1CCC2OOCC2C1. The molecule has 2 aliphatic rings. The first kappa shape index (κ1) is 7.32. The lowest BCUT2D eigenvalue weighted by Gasteiger charge is -2.26. The molecule has 1 saturated heterocycles. The van der Waals surface area contributed by atoms with Crippen LogP contribution in [0.3, 0.4) is 0 Å². The zero-order valence-corrected chi connectivity index (χ0v) is 6.66. The fourth-order valence-electron chi connectivity index (χ4n) is 2.00. The zero-order chi connectivity index (χ0) is 7.68. The molecule has 2 rings (SSSR count). The molecule has 3 unspecified atom stereocenters. The molecule has 2 heteroatoms. The van der Waals surface area contributed by atoms with Gasteiger partial charge in [0.2, 0.25) is 0 Å². The summed E-state index contributed by atoms with van der Waals surface area (Å²) in [6, 6.07) is 0. The summed E-state index contributed by atoms with van der Waals surface area (Å²) in [4.78, 5) is 10.1. The third kappa shape index (κ3) is 1.33. The molecule has 2 nitrogen and oxygen atoms in total. The van der Waals surface area contributed by atoms with Crippen LogP contribution in [-0.4, -0.2) is 12.7 Å². The number of hydrogen-bond acceptors (Lipinski definition) is 2. The molecule has 1 aliphatic carbocycles. The van der Waals surface area contributed by atoms with Crippen molar-refractivity contribution in [3.63, 3.8) is 0 Å². The van der Waals surface area contributed by atoms with E-state index in [-0.39, 0.29) is 0 Å². The molecule has 0 aromatic carbocycles. The van der Waals surface area contributed by atoms with Gasteiger partial charge in [-0.2, -0.15) is 0 Å². The predicted octanol–water partition coefficient (Wildman–Crippen LogP) is 1.92. The molecule has 11 heavy (non-hydrogen) atoms. The maximum absolute atomic E-state index is 5.12. The molecular weight excluding hydrogens is 140 g/mol. The van der Waals surface area contributed by atoms with Gasteiger partial charge in [0, 0.05) is 5.92 Å². The molecule has 0 radical (unpaired) electrons. The number of fused-ring (bicyclic) bond motifs is 1. The van der Waals surface area contributed by atoms with E-state index in [2.05, 4.69) is 12.7 Å². The maximum atomic E-state index is 5.12. The molecule has 0 amide bonds. The number of allylic oxidation sites excluding steroid dienone is 1. The summed E-state index contributed by atoms with van der Waals surface area (Å²) in [5.74, 6) is 1.33. The molecule has 0 aromatic heterocycles. The molecule has 3 atom stereocenters. The lowest BCUT2D eigenvalue weighted by Crippen LogP contribution is -2.26. The van der Waals surface area contributed by atoms with Crippen LogP contribution < -0.4 is 0 Å². The molecule has 1 aliphatic heterocycles. The van der Waals surface area contributed by atoms with Crippen LogP contribution in [0.2, 0.25) is 0 Å².